The van der Waals surface area contributed by atoms with Crippen molar-refractivity contribution in [2.24, 2.45) is 0 Å². The van der Waals surface area contributed by atoms with Gasteiger partial charge in [0, 0.05) is 36.9 Å². The summed E-state index contributed by atoms with van der Waals surface area (Å²) >= 11 is 0. The minimum Gasteiger partial charge on any atom is -0.336 e. The van der Waals surface area contributed by atoms with Gasteiger partial charge >= 0.3 is 0 Å². The highest BCUT2D eigenvalue weighted by molar-refractivity contribution is 5.27. The van der Waals surface area contributed by atoms with Gasteiger partial charge in [-0.2, -0.15) is 0 Å². The summed E-state index contributed by atoms with van der Waals surface area (Å²) in [5.74, 6) is 0. The highest BCUT2D eigenvalue weighted by Gasteiger charge is 2.35. The summed E-state index contributed by atoms with van der Waals surface area (Å²) in [5, 5.41) is 3.75. The first kappa shape index (κ1) is 14.3. The Morgan fingerprint density at radius 3 is 2.67 bits per heavy atom. The van der Waals surface area contributed by atoms with E-state index in [0.29, 0.717) is 11.5 Å². The maximum Gasteiger partial charge on any atom is 0.0946 e. The molecule has 21 heavy (non-hydrogen) atoms. The molecule has 1 saturated carbocycles. The minimum atomic E-state index is 0.338. The van der Waals surface area contributed by atoms with Gasteiger partial charge in [-0.3, -0.25) is 0 Å². The molecule has 1 heterocycles. The molecule has 1 N–H and O–H groups in total. The molecule has 0 saturated heterocycles. The summed E-state index contributed by atoms with van der Waals surface area (Å²) in [7, 11) is 0. The molecule has 2 aromatic rings. The Morgan fingerprint density at radius 2 is 2.00 bits per heavy atom. The lowest BCUT2D eigenvalue weighted by Crippen LogP contribution is -2.41. The van der Waals surface area contributed by atoms with Crippen LogP contribution in [0.1, 0.15) is 38.2 Å². The van der Waals surface area contributed by atoms with Gasteiger partial charge in [0.2, 0.25) is 0 Å². The van der Waals surface area contributed by atoms with E-state index in [1.165, 1.54) is 31.2 Å². The molecular formula is C18H25N3. The zero-order valence-electron chi connectivity index (χ0n) is 12.8. The van der Waals surface area contributed by atoms with Crippen molar-refractivity contribution >= 4 is 0 Å². The lowest BCUT2D eigenvalue weighted by molar-refractivity contribution is 0.364. The van der Waals surface area contributed by atoms with Crippen molar-refractivity contribution in [3.8, 4) is 0 Å². The fraction of sp³-hybridized carbons (Fsp3) is 0.500. The Balaban J connectivity index is 1.63. The number of nitrogens with zero attached hydrogens (tertiary/aromatic N) is 2. The van der Waals surface area contributed by atoms with E-state index in [-0.39, 0.29) is 0 Å². The number of benzene rings is 1. The second kappa shape index (κ2) is 6.44. The van der Waals surface area contributed by atoms with E-state index in [2.05, 4.69) is 52.1 Å². The first-order valence-electron chi connectivity index (χ1n) is 8.03. The Morgan fingerprint density at radius 1 is 1.24 bits per heavy atom. The van der Waals surface area contributed by atoms with Crippen molar-refractivity contribution in [2.75, 3.05) is 6.54 Å². The van der Waals surface area contributed by atoms with Crippen LogP contribution in [0, 0.1) is 0 Å². The molecule has 1 atom stereocenters. The normalized spacial score (nSPS) is 18.7. The smallest absolute Gasteiger partial charge is 0.0946 e. The second-order valence-corrected chi connectivity index (χ2v) is 6.39. The molecule has 112 valence electrons. The van der Waals surface area contributed by atoms with Crippen molar-refractivity contribution < 1.29 is 0 Å². The number of aromatic nitrogens is 2. The fourth-order valence-corrected chi connectivity index (χ4v) is 3.56. The molecule has 3 rings (SSSR count). The predicted octanol–water partition coefficient (Wildman–Crippen LogP) is 3.37. The summed E-state index contributed by atoms with van der Waals surface area (Å²) < 4.78 is 2.14. The van der Waals surface area contributed by atoms with Crippen LogP contribution in [0.3, 0.4) is 0 Å². The van der Waals surface area contributed by atoms with E-state index in [0.717, 1.165) is 13.1 Å². The highest BCUT2D eigenvalue weighted by atomic mass is 15.1. The van der Waals surface area contributed by atoms with Gasteiger partial charge in [-0.25, -0.2) is 4.98 Å². The van der Waals surface area contributed by atoms with Crippen molar-refractivity contribution in [3.63, 3.8) is 0 Å². The number of rotatable bonds is 6. The van der Waals surface area contributed by atoms with Gasteiger partial charge in [0.1, 0.15) is 0 Å². The van der Waals surface area contributed by atoms with Gasteiger partial charge in [0.15, 0.2) is 0 Å². The van der Waals surface area contributed by atoms with Gasteiger partial charge < -0.3 is 9.88 Å². The zero-order valence-corrected chi connectivity index (χ0v) is 12.8. The van der Waals surface area contributed by atoms with Crippen molar-refractivity contribution in [3.05, 3.63) is 54.6 Å². The molecule has 0 aliphatic heterocycles. The zero-order chi connectivity index (χ0) is 14.5. The summed E-state index contributed by atoms with van der Waals surface area (Å²) in [5.41, 5.74) is 1.84. The molecule has 0 amide bonds. The highest BCUT2D eigenvalue weighted by Crippen LogP contribution is 2.40. The molecule has 1 aliphatic rings. The number of hydrogen-bond acceptors (Lipinski definition) is 2. The Kier molecular flexibility index (Phi) is 4.39. The van der Waals surface area contributed by atoms with Crippen LogP contribution in [0.25, 0.3) is 0 Å². The van der Waals surface area contributed by atoms with E-state index in [1.807, 2.05) is 18.7 Å². The Bertz CT molecular complexity index is 527. The van der Waals surface area contributed by atoms with Crippen LogP contribution in [-0.2, 0) is 12.0 Å². The average molecular weight is 283 g/mol. The lowest BCUT2D eigenvalue weighted by Gasteiger charge is -2.31. The summed E-state index contributed by atoms with van der Waals surface area (Å²) in [6.45, 7) is 4.31. The van der Waals surface area contributed by atoms with E-state index in [9.17, 15) is 0 Å². The predicted molar refractivity (Wildman–Crippen MR) is 86.3 cm³/mol. The van der Waals surface area contributed by atoms with Gasteiger partial charge in [-0.1, -0.05) is 43.2 Å². The summed E-state index contributed by atoms with van der Waals surface area (Å²) in [6.07, 6.45) is 11.1. The van der Waals surface area contributed by atoms with Gasteiger partial charge in [0.25, 0.3) is 0 Å². The topological polar surface area (TPSA) is 29.9 Å². The molecule has 1 aliphatic carbocycles. The first-order chi connectivity index (χ1) is 10.3. The van der Waals surface area contributed by atoms with Crippen LogP contribution in [-0.4, -0.2) is 22.1 Å². The number of imidazole rings is 1. The van der Waals surface area contributed by atoms with Crippen LogP contribution in [0.15, 0.2) is 49.1 Å². The van der Waals surface area contributed by atoms with E-state index in [4.69, 9.17) is 0 Å². The number of nitrogens with one attached hydrogen (secondary N) is 1. The number of hydrogen-bond donors (Lipinski definition) is 1. The fourth-order valence-electron chi connectivity index (χ4n) is 3.56. The van der Waals surface area contributed by atoms with Gasteiger partial charge in [-0.15, -0.1) is 0 Å². The molecule has 0 unspecified atom stereocenters. The maximum atomic E-state index is 4.11. The third-order valence-electron chi connectivity index (χ3n) is 4.78. The summed E-state index contributed by atoms with van der Waals surface area (Å²) in [6, 6.07) is 11.5. The molecule has 3 heteroatoms. The summed E-state index contributed by atoms with van der Waals surface area (Å²) in [4.78, 5) is 4.11. The lowest BCUT2D eigenvalue weighted by atomic mass is 9.78. The van der Waals surface area contributed by atoms with E-state index >= 15 is 0 Å². The second-order valence-electron chi connectivity index (χ2n) is 6.39. The molecule has 1 aromatic carbocycles. The quantitative estimate of drug-likeness (QED) is 0.881. The van der Waals surface area contributed by atoms with Gasteiger partial charge in [0.05, 0.1) is 6.33 Å². The molecule has 1 fully saturated rings. The molecular weight excluding hydrogens is 258 g/mol. The standard InChI is InChI=1S/C18H25N3/c1-16(13-21-12-11-19-15-21)20-14-18(9-5-6-10-18)17-7-3-2-4-8-17/h2-4,7-8,11-12,15-16,20H,5-6,9-10,13-14H2,1H3/t16-/m0/s1. The van der Waals surface area contributed by atoms with E-state index in [1.54, 1.807) is 0 Å². The first-order valence-corrected chi connectivity index (χ1v) is 8.03. The van der Waals surface area contributed by atoms with Gasteiger partial charge in [-0.05, 0) is 25.3 Å². The molecule has 3 nitrogen and oxygen atoms in total. The third kappa shape index (κ3) is 3.35. The van der Waals surface area contributed by atoms with Crippen LogP contribution in [0.5, 0.6) is 0 Å². The van der Waals surface area contributed by atoms with E-state index < -0.39 is 0 Å². The average Bonchev–Trinajstić information content (AvgIpc) is 3.18. The van der Waals surface area contributed by atoms with Crippen LogP contribution in [0.4, 0.5) is 0 Å². The molecule has 0 bridgehead atoms. The molecule has 0 radical (unpaired) electrons. The SMILES string of the molecule is C[C@@H](Cn1ccnc1)NCC1(c2ccccc2)CCCC1. The Hall–Kier alpha value is -1.61. The minimum absolute atomic E-state index is 0.338. The van der Waals surface area contributed by atoms with Crippen molar-refractivity contribution in [1.29, 1.82) is 0 Å². The van der Waals surface area contributed by atoms with Crippen molar-refractivity contribution in [1.82, 2.24) is 14.9 Å². The Labute approximate surface area is 127 Å². The molecule has 1 aromatic heterocycles. The largest absolute Gasteiger partial charge is 0.336 e. The van der Waals surface area contributed by atoms with Crippen LogP contribution < -0.4 is 5.32 Å². The van der Waals surface area contributed by atoms with Crippen LogP contribution >= 0.6 is 0 Å². The molecule has 0 spiro atoms. The monoisotopic (exact) mass is 283 g/mol. The van der Waals surface area contributed by atoms with Crippen molar-refractivity contribution in [2.45, 2.75) is 50.6 Å². The maximum absolute atomic E-state index is 4.11. The third-order valence-corrected chi connectivity index (χ3v) is 4.78. The van der Waals surface area contributed by atoms with Crippen LogP contribution in [0.2, 0.25) is 0 Å².